The molecule has 0 unspecified atom stereocenters. The van der Waals surface area contributed by atoms with E-state index in [0.717, 1.165) is 0 Å². The van der Waals surface area contributed by atoms with E-state index >= 15 is 0 Å². The molecule has 0 heterocycles. The van der Waals surface area contributed by atoms with Crippen LogP contribution in [0, 0.1) is 0 Å². The van der Waals surface area contributed by atoms with E-state index in [1.807, 2.05) is 4.83 Å². The first-order valence-corrected chi connectivity index (χ1v) is 6.95. The summed E-state index contributed by atoms with van der Waals surface area (Å²) in [5.41, 5.74) is 0. The van der Waals surface area contributed by atoms with Crippen molar-refractivity contribution >= 4 is 27.7 Å². The zero-order valence-corrected chi connectivity index (χ0v) is 11.5. The fourth-order valence-corrected chi connectivity index (χ4v) is 2.72. The Morgan fingerprint density at radius 2 is 2.11 bits per heavy atom. The minimum atomic E-state index is -3.93. The van der Waals surface area contributed by atoms with Gasteiger partial charge in [0.05, 0.1) is 5.02 Å². The number of hydrazine groups is 1. The highest BCUT2D eigenvalue weighted by Gasteiger charge is 2.20. The van der Waals surface area contributed by atoms with Crippen molar-refractivity contribution in [2.75, 3.05) is 13.6 Å². The summed E-state index contributed by atoms with van der Waals surface area (Å²) in [6.45, 7) is 1.85. The molecule has 0 aliphatic rings. The average molecular weight is 294 g/mol. The fraction of sp³-hybridized carbons (Fsp3) is 0.300. The van der Waals surface area contributed by atoms with E-state index in [0.29, 0.717) is 5.01 Å². The van der Waals surface area contributed by atoms with E-state index in [1.54, 1.807) is 13.0 Å². The Hall–Kier alpha value is -1.18. The molecule has 8 heteroatoms. The lowest BCUT2D eigenvalue weighted by atomic mass is 10.4. The smallest absolute Gasteiger partial charge is 0.257 e. The summed E-state index contributed by atoms with van der Waals surface area (Å²) in [4.78, 5) is 5.33. The Morgan fingerprint density at radius 3 is 2.67 bits per heavy atom. The first-order valence-electron chi connectivity index (χ1n) is 5.09. The molecule has 0 bridgehead atoms. The van der Waals surface area contributed by atoms with Crippen LogP contribution in [0.5, 0.6) is 0 Å². The van der Waals surface area contributed by atoms with Crippen molar-refractivity contribution in [3.63, 3.8) is 0 Å². The third-order valence-electron chi connectivity index (χ3n) is 1.95. The predicted molar refractivity (Wildman–Crippen MR) is 68.6 cm³/mol. The lowest BCUT2D eigenvalue weighted by molar-refractivity contribution is 0.401. The van der Waals surface area contributed by atoms with Crippen molar-refractivity contribution in [2.24, 2.45) is 4.99 Å². The molecule has 1 rings (SSSR count). The first kappa shape index (κ1) is 14.9. The third-order valence-corrected chi connectivity index (χ3v) is 3.84. The van der Waals surface area contributed by atoms with Crippen LogP contribution in [0.15, 0.2) is 34.2 Å². The molecule has 1 aromatic carbocycles. The highest BCUT2D eigenvalue weighted by Crippen LogP contribution is 2.20. The van der Waals surface area contributed by atoms with E-state index in [2.05, 4.69) is 4.99 Å². The minimum absolute atomic E-state index is 0.0613. The van der Waals surface area contributed by atoms with Crippen LogP contribution in [0.1, 0.15) is 6.92 Å². The van der Waals surface area contributed by atoms with Crippen LogP contribution in [-0.2, 0) is 10.0 Å². The highest BCUT2D eigenvalue weighted by molar-refractivity contribution is 7.89. The molecule has 5 nitrogen and oxygen atoms in total. The van der Waals surface area contributed by atoms with Gasteiger partial charge in [-0.05, 0) is 19.1 Å². The number of aliphatic imine (C=N–C) groups is 1. The molecule has 0 aliphatic heterocycles. The van der Waals surface area contributed by atoms with Crippen LogP contribution in [0.2, 0.25) is 5.02 Å². The standard InChI is InChI=1S/C10H13ClFN3O2S/c1-3-13-10(12)15(2)14-18(16,17)9-7-5-4-6-8(9)11/h4-7,14H,3H2,1-2H3/b13-10-. The largest absolute Gasteiger partial charge is 0.295 e. The van der Waals surface area contributed by atoms with Gasteiger partial charge < -0.3 is 0 Å². The van der Waals surface area contributed by atoms with Gasteiger partial charge in [0.1, 0.15) is 4.90 Å². The van der Waals surface area contributed by atoms with Crippen LogP contribution in [0.25, 0.3) is 0 Å². The number of nitrogens with one attached hydrogen (secondary N) is 1. The predicted octanol–water partition coefficient (Wildman–Crippen LogP) is 1.81. The molecular weight excluding hydrogens is 281 g/mol. The van der Waals surface area contributed by atoms with Gasteiger partial charge in [0.2, 0.25) is 0 Å². The maximum Gasteiger partial charge on any atom is 0.295 e. The van der Waals surface area contributed by atoms with Crippen LogP contribution in [-0.4, -0.2) is 33.1 Å². The zero-order valence-electron chi connectivity index (χ0n) is 9.89. The summed E-state index contributed by atoms with van der Waals surface area (Å²) >= 11 is 5.77. The van der Waals surface area contributed by atoms with Gasteiger partial charge in [-0.25, -0.2) is 13.4 Å². The maximum atomic E-state index is 13.3. The number of nitrogens with zero attached hydrogens (tertiary/aromatic N) is 2. The van der Waals surface area contributed by atoms with Gasteiger partial charge >= 0.3 is 0 Å². The maximum absolute atomic E-state index is 13.3. The summed E-state index contributed by atoms with van der Waals surface area (Å²) in [5, 5.41) is 0.744. The second-order valence-electron chi connectivity index (χ2n) is 3.33. The monoisotopic (exact) mass is 293 g/mol. The topological polar surface area (TPSA) is 61.8 Å². The first-order chi connectivity index (χ1) is 8.38. The summed E-state index contributed by atoms with van der Waals surface area (Å²) in [7, 11) is -2.72. The third kappa shape index (κ3) is 3.66. The van der Waals surface area contributed by atoms with Crippen molar-refractivity contribution in [2.45, 2.75) is 11.8 Å². The Labute approximate surface area is 110 Å². The Kier molecular flexibility index (Phi) is 5.06. The second-order valence-corrected chi connectivity index (χ2v) is 5.36. The number of halogens is 2. The number of sulfonamides is 1. The van der Waals surface area contributed by atoms with Gasteiger partial charge in [-0.3, -0.25) is 5.01 Å². The lowest BCUT2D eigenvalue weighted by Gasteiger charge is -2.17. The van der Waals surface area contributed by atoms with Gasteiger partial charge in [-0.2, -0.15) is 4.39 Å². The Balaban J connectivity index is 2.97. The molecule has 0 fully saturated rings. The number of hydrogen-bond donors (Lipinski definition) is 1. The molecule has 0 spiro atoms. The van der Waals surface area contributed by atoms with Crippen molar-refractivity contribution < 1.29 is 12.8 Å². The van der Waals surface area contributed by atoms with Crippen LogP contribution in [0.4, 0.5) is 4.39 Å². The molecule has 0 aliphatic carbocycles. The molecule has 0 saturated heterocycles. The van der Waals surface area contributed by atoms with E-state index in [4.69, 9.17) is 11.6 Å². The average Bonchev–Trinajstić information content (AvgIpc) is 2.29. The van der Waals surface area contributed by atoms with Gasteiger partial charge in [0, 0.05) is 13.6 Å². The normalized spacial score (nSPS) is 12.6. The SMILES string of the molecule is CC/N=C(/F)N(C)NS(=O)(=O)c1ccccc1Cl. The number of hydrogen-bond acceptors (Lipinski definition) is 3. The van der Waals surface area contributed by atoms with Gasteiger partial charge in [0.25, 0.3) is 16.1 Å². The van der Waals surface area contributed by atoms with Gasteiger partial charge in [-0.1, -0.05) is 23.7 Å². The van der Waals surface area contributed by atoms with E-state index < -0.39 is 16.1 Å². The molecular formula is C10H13ClFN3O2S. The van der Waals surface area contributed by atoms with Crippen LogP contribution in [0.3, 0.4) is 0 Å². The number of amidine groups is 1. The summed E-state index contributed by atoms with van der Waals surface area (Å²) in [6, 6.07) is 5.89. The van der Waals surface area contributed by atoms with Crippen LogP contribution >= 0.6 is 11.6 Å². The molecule has 1 aromatic rings. The molecule has 0 aromatic heterocycles. The Morgan fingerprint density at radius 1 is 1.50 bits per heavy atom. The van der Waals surface area contributed by atoms with Gasteiger partial charge in [-0.15, -0.1) is 4.83 Å². The quantitative estimate of drug-likeness (QED) is 0.399. The minimum Gasteiger partial charge on any atom is -0.257 e. The van der Waals surface area contributed by atoms with Crippen molar-refractivity contribution in [1.82, 2.24) is 9.84 Å². The molecule has 0 atom stereocenters. The molecule has 18 heavy (non-hydrogen) atoms. The van der Waals surface area contributed by atoms with Gasteiger partial charge in [0.15, 0.2) is 0 Å². The molecule has 100 valence electrons. The lowest BCUT2D eigenvalue weighted by Crippen LogP contribution is -2.41. The zero-order chi connectivity index (χ0) is 13.8. The molecule has 0 radical (unpaired) electrons. The fourth-order valence-electron chi connectivity index (χ4n) is 1.17. The highest BCUT2D eigenvalue weighted by atomic mass is 35.5. The second kappa shape index (κ2) is 6.12. The summed E-state index contributed by atoms with van der Waals surface area (Å²) < 4.78 is 37.1. The van der Waals surface area contributed by atoms with Crippen molar-refractivity contribution in [1.29, 1.82) is 0 Å². The van der Waals surface area contributed by atoms with E-state index in [9.17, 15) is 12.8 Å². The van der Waals surface area contributed by atoms with E-state index in [-0.39, 0.29) is 16.5 Å². The summed E-state index contributed by atoms with van der Waals surface area (Å²) in [6.07, 6.45) is -0.923. The molecule has 1 N–H and O–H groups in total. The van der Waals surface area contributed by atoms with Crippen LogP contribution < -0.4 is 4.83 Å². The number of benzene rings is 1. The number of rotatable bonds is 4. The van der Waals surface area contributed by atoms with Crippen molar-refractivity contribution in [3.05, 3.63) is 29.3 Å². The summed E-state index contributed by atoms with van der Waals surface area (Å²) in [5.74, 6) is 0. The molecule has 0 saturated carbocycles. The Bertz CT molecular complexity index is 548. The molecule has 0 amide bonds. The van der Waals surface area contributed by atoms with Crippen molar-refractivity contribution in [3.8, 4) is 0 Å². The van der Waals surface area contributed by atoms with E-state index in [1.165, 1.54) is 25.2 Å².